The molecular weight excluding hydrogens is 226 g/mol. The van der Waals surface area contributed by atoms with Gasteiger partial charge in [0.2, 0.25) is 0 Å². The summed E-state index contributed by atoms with van der Waals surface area (Å²) >= 11 is 0. The Morgan fingerprint density at radius 2 is 1.71 bits per heavy atom. The van der Waals surface area contributed by atoms with Crippen molar-refractivity contribution in [1.82, 2.24) is 0 Å². The van der Waals surface area contributed by atoms with E-state index in [1.165, 1.54) is 6.92 Å². The smallest absolute Gasteiger partial charge is 0.323 e. The molecule has 0 aromatic carbocycles. The quantitative estimate of drug-likeness (QED) is 0.510. The first-order valence-electron chi connectivity index (χ1n) is 5.67. The van der Waals surface area contributed by atoms with Crippen molar-refractivity contribution in [2.45, 2.75) is 25.3 Å². The number of carbonyl (C=O) groups is 1. The minimum atomic E-state index is -1.17. The van der Waals surface area contributed by atoms with Crippen LogP contribution >= 0.6 is 0 Å². The maximum Gasteiger partial charge on any atom is 0.323 e. The van der Waals surface area contributed by atoms with Gasteiger partial charge in [-0.3, -0.25) is 4.79 Å². The zero-order valence-electron chi connectivity index (χ0n) is 10.6. The first kappa shape index (κ1) is 16.3. The molecule has 0 radical (unpaired) electrons. The Balaban J connectivity index is 3.27. The molecule has 0 aliphatic carbocycles. The van der Waals surface area contributed by atoms with Gasteiger partial charge >= 0.3 is 5.97 Å². The van der Waals surface area contributed by atoms with Gasteiger partial charge in [0.25, 0.3) is 0 Å². The standard InChI is InChI=1S/C11H23NO5/c1-11(12,10(13)14)4-3-5-16-8-9-17-7-6-15-2/h3-9,12H2,1-2H3,(H,13,14). The van der Waals surface area contributed by atoms with Crippen LogP contribution in [0.5, 0.6) is 0 Å². The number of aliphatic carboxylic acids is 1. The van der Waals surface area contributed by atoms with E-state index < -0.39 is 11.5 Å². The minimum absolute atomic E-state index is 0.396. The molecule has 0 fully saturated rings. The second-order valence-electron chi connectivity index (χ2n) is 4.04. The molecule has 0 spiro atoms. The topological polar surface area (TPSA) is 91.0 Å². The van der Waals surface area contributed by atoms with Crippen molar-refractivity contribution in [2.24, 2.45) is 5.73 Å². The number of rotatable bonds is 11. The number of hydrogen-bond donors (Lipinski definition) is 2. The molecule has 1 atom stereocenters. The van der Waals surface area contributed by atoms with E-state index in [9.17, 15) is 4.79 Å². The predicted octanol–water partition coefficient (Wildman–Crippen LogP) is 0.248. The fourth-order valence-electron chi connectivity index (χ4n) is 1.11. The third kappa shape index (κ3) is 9.05. The summed E-state index contributed by atoms with van der Waals surface area (Å²) in [6.07, 6.45) is 1.02. The van der Waals surface area contributed by atoms with Gasteiger partial charge in [-0.1, -0.05) is 0 Å². The van der Waals surface area contributed by atoms with Crippen molar-refractivity contribution in [1.29, 1.82) is 0 Å². The predicted molar refractivity (Wildman–Crippen MR) is 63.0 cm³/mol. The molecule has 0 saturated carbocycles. The monoisotopic (exact) mass is 249 g/mol. The maximum absolute atomic E-state index is 10.7. The summed E-state index contributed by atoms with van der Waals surface area (Å²) in [5.74, 6) is -0.986. The van der Waals surface area contributed by atoms with Crippen molar-refractivity contribution >= 4 is 5.97 Å². The van der Waals surface area contributed by atoms with Gasteiger partial charge in [-0.2, -0.15) is 0 Å². The Labute approximate surface area is 102 Å². The molecule has 0 bridgehead atoms. The van der Waals surface area contributed by atoms with E-state index in [1.54, 1.807) is 7.11 Å². The normalized spacial score (nSPS) is 14.5. The third-order valence-electron chi connectivity index (χ3n) is 2.28. The van der Waals surface area contributed by atoms with Crippen LogP contribution in [0.25, 0.3) is 0 Å². The van der Waals surface area contributed by atoms with Crippen molar-refractivity contribution in [3.05, 3.63) is 0 Å². The van der Waals surface area contributed by atoms with Gasteiger partial charge in [0, 0.05) is 13.7 Å². The summed E-state index contributed by atoms with van der Waals surface area (Å²) in [4.78, 5) is 10.7. The fraction of sp³-hybridized carbons (Fsp3) is 0.909. The first-order chi connectivity index (χ1) is 8.00. The zero-order chi connectivity index (χ0) is 13.1. The maximum atomic E-state index is 10.7. The van der Waals surface area contributed by atoms with Gasteiger partial charge in [-0.25, -0.2) is 0 Å². The van der Waals surface area contributed by atoms with Gasteiger partial charge in [0.1, 0.15) is 5.54 Å². The van der Waals surface area contributed by atoms with E-state index >= 15 is 0 Å². The molecule has 0 saturated heterocycles. The SMILES string of the molecule is COCCOCCOCCCC(C)(N)C(=O)O. The summed E-state index contributed by atoms with van der Waals surface area (Å²) in [5.41, 5.74) is 4.39. The molecule has 0 aromatic rings. The average molecular weight is 249 g/mol. The summed E-state index contributed by atoms with van der Waals surface area (Å²) < 4.78 is 15.3. The summed E-state index contributed by atoms with van der Waals surface area (Å²) in [5, 5.41) is 8.77. The number of carboxylic acids is 1. The van der Waals surface area contributed by atoms with E-state index in [-0.39, 0.29) is 0 Å². The van der Waals surface area contributed by atoms with Crippen LogP contribution in [0.4, 0.5) is 0 Å². The van der Waals surface area contributed by atoms with Crippen LogP contribution in [0.15, 0.2) is 0 Å². The Bertz CT molecular complexity index is 208. The average Bonchev–Trinajstić information content (AvgIpc) is 2.26. The number of nitrogens with two attached hydrogens (primary N) is 1. The molecule has 3 N–H and O–H groups in total. The Kier molecular flexibility index (Phi) is 8.97. The summed E-state index contributed by atoms with van der Waals surface area (Å²) in [6.45, 7) is 4.14. The highest BCUT2D eigenvalue weighted by atomic mass is 16.5. The highest BCUT2D eigenvalue weighted by molar-refractivity contribution is 5.77. The zero-order valence-corrected chi connectivity index (χ0v) is 10.6. The number of carboxylic acid groups (broad SMARTS) is 1. The highest BCUT2D eigenvalue weighted by Crippen LogP contribution is 2.08. The molecular formula is C11H23NO5. The highest BCUT2D eigenvalue weighted by Gasteiger charge is 2.26. The largest absolute Gasteiger partial charge is 0.480 e. The summed E-state index contributed by atoms with van der Waals surface area (Å²) in [7, 11) is 1.62. The molecule has 102 valence electrons. The molecule has 17 heavy (non-hydrogen) atoms. The number of ether oxygens (including phenoxy) is 3. The Hall–Kier alpha value is -0.690. The molecule has 0 heterocycles. The second kappa shape index (κ2) is 9.35. The lowest BCUT2D eigenvalue weighted by atomic mass is 9.98. The van der Waals surface area contributed by atoms with Gasteiger partial charge in [-0.15, -0.1) is 0 Å². The van der Waals surface area contributed by atoms with Crippen LogP contribution in [0, 0.1) is 0 Å². The van der Waals surface area contributed by atoms with E-state index in [4.69, 9.17) is 25.1 Å². The van der Waals surface area contributed by atoms with Gasteiger partial charge < -0.3 is 25.1 Å². The Morgan fingerprint density at radius 1 is 1.18 bits per heavy atom. The van der Waals surface area contributed by atoms with Crippen molar-refractivity contribution in [3.63, 3.8) is 0 Å². The van der Waals surface area contributed by atoms with Crippen LogP contribution < -0.4 is 5.73 Å². The molecule has 6 heteroatoms. The second-order valence-corrected chi connectivity index (χ2v) is 4.04. The molecule has 0 amide bonds. The van der Waals surface area contributed by atoms with Crippen LogP contribution in [0.1, 0.15) is 19.8 Å². The molecule has 1 unspecified atom stereocenters. The fourth-order valence-corrected chi connectivity index (χ4v) is 1.11. The van der Waals surface area contributed by atoms with Crippen LogP contribution in [0.3, 0.4) is 0 Å². The van der Waals surface area contributed by atoms with Crippen molar-refractivity contribution in [3.8, 4) is 0 Å². The van der Waals surface area contributed by atoms with Crippen LogP contribution in [-0.4, -0.2) is 56.8 Å². The number of hydrogen-bond acceptors (Lipinski definition) is 5. The van der Waals surface area contributed by atoms with Crippen molar-refractivity contribution in [2.75, 3.05) is 40.1 Å². The third-order valence-corrected chi connectivity index (χ3v) is 2.28. The van der Waals surface area contributed by atoms with Gasteiger partial charge in [0.05, 0.1) is 26.4 Å². The molecule has 0 aliphatic heterocycles. The lowest BCUT2D eigenvalue weighted by Gasteiger charge is -2.18. The molecule has 0 aromatic heterocycles. The van der Waals surface area contributed by atoms with E-state index in [2.05, 4.69) is 0 Å². The van der Waals surface area contributed by atoms with Crippen LogP contribution in [-0.2, 0) is 19.0 Å². The van der Waals surface area contributed by atoms with Gasteiger partial charge in [0.15, 0.2) is 0 Å². The van der Waals surface area contributed by atoms with Gasteiger partial charge in [-0.05, 0) is 19.8 Å². The van der Waals surface area contributed by atoms with E-state index in [0.717, 1.165) is 0 Å². The molecule has 0 aliphatic rings. The first-order valence-corrected chi connectivity index (χ1v) is 5.67. The van der Waals surface area contributed by atoms with Crippen LogP contribution in [0.2, 0.25) is 0 Å². The molecule has 6 nitrogen and oxygen atoms in total. The van der Waals surface area contributed by atoms with E-state index in [0.29, 0.717) is 45.9 Å². The van der Waals surface area contributed by atoms with E-state index in [1.807, 2.05) is 0 Å². The Morgan fingerprint density at radius 3 is 2.24 bits per heavy atom. The number of methoxy groups -OCH3 is 1. The molecule has 0 rings (SSSR count). The summed E-state index contributed by atoms with van der Waals surface area (Å²) in [6, 6.07) is 0. The lowest BCUT2D eigenvalue weighted by molar-refractivity contribution is -0.143. The lowest BCUT2D eigenvalue weighted by Crippen LogP contribution is -2.44. The minimum Gasteiger partial charge on any atom is -0.480 e. The van der Waals surface area contributed by atoms with Crippen molar-refractivity contribution < 1.29 is 24.1 Å².